The van der Waals surface area contributed by atoms with Crippen LogP contribution >= 0.6 is 0 Å². The lowest BCUT2D eigenvalue weighted by Crippen LogP contribution is -2.42. The van der Waals surface area contributed by atoms with E-state index in [4.69, 9.17) is 9.47 Å². The van der Waals surface area contributed by atoms with Crippen molar-refractivity contribution in [3.63, 3.8) is 0 Å². The summed E-state index contributed by atoms with van der Waals surface area (Å²) in [5.74, 6) is 1.63. The van der Waals surface area contributed by atoms with Gasteiger partial charge in [-0.3, -0.25) is 4.79 Å². The topological polar surface area (TPSA) is 50.8 Å². The van der Waals surface area contributed by atoms with Crippen LogP contribution in [0.2, 0.25) is 0 Å². The molecule has 2 bridgehead atoms. The number of carbonyl (C=O) groups is 1. The van der Waals surface area contributed by atoms with E-state index in [1.165, 1.54) is 0 Å². The number of anilines is 1. The number of ether oxygens (including phenoxy) is 2. The molecule has 1 aromatic rings. The molecule has 2 fully saturated rings. The van der Waals surface area contributed by atoms with Crippen LogP contribution in [-0.2, 0) is 4.79 Å². The Labute approximate surface area is 124 Å². The maximum atomic E-state index is 12.8. The van der Waals surface area contributed by atoms with E-state index in [0.717, 1.165) is 55.9 Å². The minimum atomic E-state index is -0.193. The molecular formula is C16H20N2O3. The highest BCUT2D eigenvalue weighted by Crippen LogP contribution is 2.41. The van der Waals surface area contributed by atoms with Gasteiger partial charge in [-0.2, -0.15) is 0 Å². The van der Waals surface area contributed by atoms with Crippen LogP contribution in [0.25, 0.3) is 0 Å². The van der Waals surface area contributed by atoms with Crippen molar-refractivity contribution in [2.24, 2.45) is 5.41 Å². The van der Waals surface area contributed by atoms with E-state index in [-0.39, 0.29) is 18.1 Å². The largest absolute Gasteiger partial charge is 0.454 e. The van der Waals surface area contributed by atoms with Gasteiger partial charge in [0.15, 0.2) is 11.5 Å². The Balaban J connectivity index is 1.57. The van der Waals surface area contributed by atoms with Gasteiger partial charge < -0.3 is 19.7 Å². The first-order valence-corrected chi connectivity index (χ1v) is 7.60. The monoisotopic (exact) mass is 288 g/mol. The summed E-state index contributed by atoms with van der Waals surface area (Å²) in [6.45, 7) is 5.33. The number of amides is 1. The fourth-order valence-corrected chi connectivity index (χ4v) is 3.73. The van der Waals surface area contributed by atoms with Gasteiger partial charge in [-0.05, 0) is 50.9 Å². The highest BCUT2D eigenvalue weighted by Gasteiger charge is 2.46. The molecule has 4 rings (SSSR count). The zero-order chi connectivity index (χ0) is 14.4. The van der Waals surface area contributed by atoms with Crippen molar-refractivity contribution in [2.75, 3.05) is 31.7 Å². The van der Waals surface area contributed by atoms with E-state index < -0.39 is 0 Å². The van der Waals surface area contributed by atoms with E-state index in [1.807, 2.05) is 19.1 Å². The summed E-state index contributed by atoms with van der Waals surface area (Å²) < 4.78 is 10.8. The summed E-state index contributed by atoms with van der Waals surface area (Å²) in [6, 6.07) is 3.80. The van der Waals surface area contributed by atoms with Crippen molar-refractivity contribution in [3.8, 4) is 11.5 Å². The summed E-state index contributed by atoms with van der Waals surface area (Å²) in [5, 5.41) is 3.13. The third kappa shape index (κ3) is 2.07. The lowest BCUT2D eigenvalue weighted by Gasteiger charge is -2.32. The molecule has 0 saturated carbocycles. The second-order valence-corrected chi connectivity index (χ2v) is 6.38. The molecule has 1 aromatic carbocycles. The number of benzene rings is 1. The Morgan fingerprint density at radius 2 is 2.05 bits per heavy atom. The third-order valence-electron chi connectivity index (χ3n) is 5.01. The highest BCUT2D eigenvalue weighted by molar-refractivity contribution is 5.96. The lowest BCUT2D eigenvalue weighted by atomic mass is 9.80. The number of aryl methyl sites for hydroxylation is 1. The molecule has 0 aromatic heterocycles. The highest BCUT2D eigenvalue weighted by atomic mass is 16.7. The van der Waals surface area contributed by atoms with Gasteiger partial charge in [0.1, 0.15) is 0 Å². The molecule has 2 unspecified atom stereocenters. The minimum absolute atomic E-state index is 0.159. The van der Waals surface area contributed by atoms with Crippen molar-refractivity contribution in [3.05, 3.63) is 17.7 Å². The Morgan fingerprint density at radius 3 is 2.90 bits per heavy atom. The van der Waals surface area contributed by atoms with Gasteiger partial charge in [-0.15, -0.1) is 0 Å². The fourth-order valence-electron chi connectivity index (χ4n) is 3.73. The lowest BCUT2D eigenvalue weighted by molar-refractivity contribution is -0.126. The maximum absolute atomic E-state index is 12.8. The molecule has 5 nitrogen and oxygen atoms in total. The van der Waals surface area contributed by atoms with Crippen LogP contribution < -0.4 is 14.8 Å². The number of piperidine rings is 1. The van der Waals surface area contributed by atoms with Crippen LogP contribution in [0.15, 0.2) is 12.1 Å². The zero-order valence-electron chi connectivity index (χ0n) is 12.3. The van der Waals surface area contributed by atoms with Crippen LogP contribution in [0.5, 0.6) is 11.5 Å². The maximum Gasteiger partial charge on any atom is 0.231 e. The molecule has 3 heterocycles. The normalized spacial score (nSPS) is 29.5. The molecule has 112 valence electrons. The van der Waals surface area contributed by atoms with Crippen LogP contribution in [0.4, 0.5) is 5.69 Å². The number of carbonyl (C=O) groups excluding carboxylic acids is 1. The second-order valence-electron chi connectivity index (χ2n) is 6.38. The van der Waals surface area contributed by atoms with Crippen molar-refractivity contribution in [1.82, 2.24) is 4.90 Å². The van der Waals surface area contributed by atoms with E-state index in [9.17, 15) is 4.79 Å². The Morgan fingerprint density at radius 1 is 1.24 bits per heavy atom. The van der Waals surface area contributed by atoms with Crippen LogP contribution in [0, 0.1) is 12.3 Å². The first-order chi connectivity index (χ1) is 10.2. The van der Waals surface area contributed by atoms with Crippen molar-refractivity contribution in [1.29, 1.82) is 0 Å². The van der Waals surface area contributed by atoms with Crippen LogP contribution in [0.1, 0.15) is 24.8 Å². The molecule has 3 aliphatic rings. The molecule has 0 spiro atoms. The molecule has 1 amide bonds. The van der Waals surface area contributed by atoms with Crippen LogP contribution in [0.3, 0.4) is 0 Å². The minimum Gasteiger partial charge on any atom is -0.454 e. The Hall–Kier alpha value is -1.75. The number of hydrogen-bond acceptors (Lipinski definition) is 4. The predicted molar refractivity (Wildman–Crippen MR) is 78.7 cm³/mol. The summed E-state index contributed by atoms with van der Waals surface area (Å²) in [6.07, 6.45) is 3.09. The van der Waals surface area contributed by atoms with Crippen molar-refractivity contribution < 1.29 is 14.3 Å². The quantitative estimate of drug-likeness (QED) is 0.906. The predicted octanol–water partition coefficient (Wildman–Crippen LogP) is 2.15. The molecule has 1 N–H and O–H groups in total. The Bertz CT molecular complexity index is 597. The number of fused-ring (bicyclic) bond motifs is 3. The average Bonchev–Trinajstić information content (AvgIpc) is 3.04. The number of rotatable bonds is 2. The second kappa shape index (κ2) is 4.63. The smallest absolute Gasteiger partial charge is 0.231 e. The molecule has 21 heavy (non-hydrogen) atoms. The fraction of sp³-hybridized carbons (Fsp3) is 0.562. The van der Waals surface area contributed by atoms with Crippen LogP contribution in [-0.4, -0.2) is 37.2 Å². The summed E-state index contributed by atoms with van der Waals surface area (Å²) >= 11 is 0. The number of nitrogens with one attached hydrogen (secondary N) is 1. The van der Waals surface area contributed by atoms with Gasteiger partial charge in [0.05, 0.1) is 5.41 Å². The van der Waals surface area contributed by atoms with Gasteiger partial charge in [-0.1, -0.05) is 0 Å². The van der Waals surface area contributed by atoms with E-state index in [2.05, 4.69) is 10.2 Å². The van der Waals surface area contributed by atoms with E-state index in [1.54, 1.807) is 0 Å². The molecular weight excluding hydrogens is 268 g/mol. The van der Waals surface area contributed by atoms with Gasteiger partial charge in [0, 0.05) is 18.3 Å². The molecule has 3 aliphatic heterocycles. The van der Waals surface area contributed by atoms with E-state index in [0.29, 0.717) is 5.75 Å². The van der Waals surface area contributed by atoms with Gasteiger partial charge >= 0.3 is 0 Å². The van der Waals surface area contributed by atoms with Gasteiger partial charge in [0.2, 0.25) is 12.7 Å². The SMILES string of the molecule is Cc1cc2c(cc1NC(=O)C13CCCN(CC1)C3)OCO2. The average molecular weight is 288 g/mol. The van der Waals surface area contributed by atoms with E-state index >= 15 is 0 Å². The zero-order valence-corrected chi connectivity index (χ0v) is 12.3. The van der Waals surface area contributed by atoms with Crippen molar-refractivity contribution in [2.45, 2.75) is 26.2 Å². The molecule has 5 heteroatoms. The number of hydrogen-bond donors (Lipinski definition) is 1. The molecule has 0 aliphatic carbocycles. The molecule has 2 saturated heterocycles. The molecule has 2 atom stereocenters. The number of nitrogens with zero attached hydrogens (tertiary/aromatic N) is 1. The summed E-state index contributed by atoms with van der Waals surface area (Å²) in [4.78, 5) is 15.2. The standard InChI is InChI=1S/C16H20N2O3/c1-11-7-13-14(21-10-20-13)8-12(11)17-15(19)16-3-2-5-18(9-16)6-4-16/h7-8H,2-6,9-10H2,1H3,(H,17,19). The summed E-state index contributed by atoms with van der Waals surface area (Å²) in [5.41, 5.74) is 1.65. The van der Waals surface area contributed by atoms with Gasteiger partial charge in [0.25, 0.3) is 0 Å². The molecule has 0 radical (unpaired) electrons. The first kappa shape index (κ1) is 13.0. The summed E-state index contributed by atoms with van der Waals surface area (Å²) in [7, 11) is 0. The first-order valence-electron chi connectivity index (χ1n) is 7.60. The van der Waals surface area contributed by atoms with Crippen molar-refractivity contribution >= 4 is 11.6 Å². The van der Waals surface area contributed by atoms with Gasteiger partial charge in [-0.25, -0.2) is 0 Å². The Kier molecular flexibility index (Phi) is 2.85. The third-order valence-corrected chi connectivity index (χ3v) is 5.01.